The highest BCUT2D eigenvalue weighted by atomic mass is 19.2. The molecule has 1 aromatic carbocycles. The van der Waals surface area contributed by atoms with Gasteiger partial charge in [-0.15, -0.1) is 6.58 Å². The second-order valence-corrected chi connectivity index (χ2v) is 10.9. The molecule has 33 heavy (non-hydrogen) atoms. The minimum atomic E-state index is -0.827. The Labute approximate surface area is 199 Å². The summed E-state index contributed by atoms with van der Waals surface area (Å²) in [6, 6.07) is 3.39. The van der Waals surface area contributed by atoms with E-state index in [0.29, 0.717) is 11.5 Å². The number of halogens is 2. The van der Waals surface area contributed by atoms with Gasteiger partial charge in [0.25, 0.3) is 0 Å². The third kappa shape index (κ3) is 5.89. The lowest BCUT2D eigenvalue weighted by Crippen LogP contribution is -2.34. The van der Waals surface area contributed by atoms with E-state index in [4.69, 9.17) is 4.74 Å². The van der Waals surface area contributed by atoms with Crippen LogP contribution in [-0.2, 0) is 0 Å². The maximum atomic E-state index is 14.9. The second kappa shape index (κ2) is 11.7. The first-order valence-electron chi connectivity index (χ1n) is 13.4. The van der Waals surface area contributed by atoms with Crippen molar-refractivity contribution in [2.24, 2.45) is 29.6 Å². The van der Waals surface area contributed by atoms with E-state index >= 15 is 0 Å². The summed E-state index contributed by atoms with van der Waals surface area (Å²) in [6.07, 6.45) is 21.0. The van der Waals surface area contributed by atoms with Crippen LogP contribution >= 0.6 is 0 Å². The number of ether oxygens (including phenoxy) is 1. The zero-order chi connectivity index (χ0) is 23.2. The van der Waals surface area contributed by atoms with E-state index in [9.17, 15) is 8.78 Å². The summed E-state index contributed by atoms with van der Waals surface area (Å²) in [5.74, 6) is 2.83. The molecule has 0 bridgehead atoms. The first-order valence-corrected chi connectivity index (χ1v) is 13.4. The molecule has 3 fully saturated rings. The van der Waals surface area contributed by atoms with Crippen LogP contribution in [0.1, 0.15) is 95.5 Å². The molecule has 0 heterocycles. The van der Waals surface area contributed by atoms with Crippen molar-refractivity contribution >= 4 is 0 Å². The number of allylic oxidation sites excluding steroid dienone is 2. The van der Waals surface area contributed by atoms with Crippen molar-refractivity contribution in [2.75, 3.05) is 6.61 Å². The summed E-state index contributed by atoms with van der Waals surface area (Å²) in [5, 5.41) is 0. The Kier molecular flexibility index (Phi) is 8.66. The molecule has 0 spiro atoms. The predicted molar refractivity (Wildman–Crippen MR) is 132 cm³/mol. The molecule has 4 unspecified atom stereocenters. The number of hydrogen-bond acceptors (Lipinski definition) is 1. The number of hydrogen-bond donors (Lipinski definition) is 0. The fourth-order valence-electron chi connectivity index (χ4n) is 7.15. The third-order valence-electron chi connectivity index (χ3n) is 9.08. The van der Waals surface area contributed by atoms with Crippen LogP contribution in [0.2, 0.25) is 0 Å². The lowest BCUT2D eigenvalue weighted by atomic mass is 9.60. The van der Waals surface area contributed by atoms with Gasteiger partial charge in [-0.05, 0) is 118 Å². The van der Waals surface area contributed by atoms with Crippen LogP contribution < -0.4 is 4.74 Å². The minimum absolute atomic E-state index is 0.0164. The maximum absolute atomic E-state index is 14.9. The molecule has 1 nitrogen and oxygen atoms in total. The molecule has 0 amide bonds. The topological polar surface area (TPSA) is 9.23 Å². The summed E-state index contributed by atoms with van der Waals surface area (Å²) >= 11 is 0. The molecule has 0 saturated heterocycles. The van der Waals surface area contributed by atoms with Crippen molar-refractivity contribution in [1.29, 1.82) is 0 Å². The van der Waals surface area contributed by atoms with Gasteiger partial charge < -0.3 is 4.74 Å². The van der Waals surface area contributed by atoms with Gasteiger partial charge in [0.2, 0.25) is 5.82 Å². The lowest BCUT2D eigenvalue weighted by molar-refractivity contribution is 0.0708. The molecule has 0 aromatic heterocycles. The highest BCUT2D eigenvalue weighted by molar-refractivity contribution is 5.33. The summed E-state index contributed by atoms with van der Waals surface area (Å²) in [6.45, 7) is 6.02. The van der Waals surface area contributed by atoms with Crippen LogP contribution in [0.15, 0.2) is 36.9 Å². The SMILES string of the molecule is C=CCCC1CCC(C2CCC3CC(c4ccc(OC/C=C/C)c(F)c4F)CCC3C2)CC1. The fourth-order valence-corrected chi connectivity index (χ4v) is 7.15. The van der Waals surface area contributed by atoms with Crippen LogP contribution in [0.5, 0.6) is 5.75 Å². The Hall–Kier alpha value is -1.64. The monoisotopic (exact) mass is 456 g/mol. The normalized spacial score (nSPS) is 32.5. The third-order valence-corrected chi connectivity index (χ3v) is 9.08. The zero-order valence-corrected chi connectivity index (χ0v) is 20.4. The van der Waals surface area contributed by atoms with Gasteiger partial charge in [0.05, 0.1) is 0 Å². The number of rotatable bonds is 8. The van der Waals surface area contributed by atoms with Gasteiger partial charge in [-0.25, -0.2) is 4.39 Å². The maximum Gasteiger partial charge on any atom is 0.200 e. The smallest absolute Gasteiger partial charge is 0.200 e. The van der Waals surface area contributed by atoms with E-state index in [0.717, 1.165) is 36.5 Å². The van der Waals surface area contributed by atoms with Gasteiger partial charge in [0, 0.05) is 0 Å². The average Bonchev–Trinajstić information content (AvgIpc) is 2.85. The van der Waals surface area contributed by atoms with Crippen molar-refractivity contribution in [3.05, 3.63) is 54.1 Å². The Bertz CT molecular complexity index is 808. The van der Waals surface area contributed by atoms with Gasteiger partial charge in [-0.3, -0.25) is 0 Å². The molecule has 0 radical (unpaired) electrons. The van der Waals surface area contributed by atoms with Crippen molar-refractivity contribution in [2.45, 2.75) is 89.9 Å². The van der Waals surface area contributed by atoms with Crippen molar-refractivity contribution in [3.8, 4) is 5.75 Å². The molecule has 1 aromatic rings. The molecule has 0 aliphatic heterocycles. The van der Waals surface area contributed by atoms with Crippen LogP contribution in [0, 0.1) is 41.2 Å². The zero-order valence-electron chi connectivity index (χ0n) is 20.4. The van der Waals surface area contributed by atoms with Gasteiger partial charge in [0.15, 0.2) is 11.6 Å². The number of fused-ring (bicyclic) bond motifs is 1. The van der Waals surface area contributed by atoms with Gasteiger partial charge in [-0.1, -0.05) is 37.1 Å². The molecule has 3 saturated carbocycles. The molecule has 182 valence electrons. The highest BCUT2D eigenvalue weighted by Crippen LogP contribution is 2.51. The van der Waals surface area contributed by atoms with Crippen LogP contribution in [-0.4, -0.2) is 6.61 Å². The van der Waals surface area contributed by atoms with E-state index in [2.05, 4.69) is 12.7 Å². The number of benzene rings is 1. The highest BCUT2D eigenvalue weighted by Gasteiger charge is 2.39. The first kappa shape index (κ1) is 24.5. The molecular formula is C30H42F2O. The summed E-state index contributed by atoms with van der Waals surface area (Å²) in [7, 11) is 0. The fraction of sp³-hybridized carbons (Fsp3) is 0.667. The van der Waals surface area contributed by atoms with Gasteiger partial charge in [0.1, 0.15) is 6.61 Å². The minimum Gasteiger partial charge on any atom is -0.486 e. The van der Waals surface area contributed by atoms with Gasteiger partial charge in [-0.2, -0.15) is 4.39 Å². The molecule has 0 N–H and O–H groups in total. The molecule has 4 atom stereocenters. The largest absolute Gasteiger partial charge is 0.486 e. The van der Waals surface area contributed by atoms with Crippen molar-refractivity contribution in [1.82, 2.24) is 0 Å². The van der Waals surface area contributed by atoms with E-state index < -0.39 is 11.6 Å². The summed E-state index contributed by atoms with van der Waals surface area (Å²) < 4.78 is 34.9. The van der Waals surface area contributed by atoms with Crippen LogP contribution in [0.4, 0.5) is 8.78 Å². The summed E-state index contributed by atoms with van der Waals surface area (Å²) in [5.41, 5.74) is 0.560. The van der Waals surface area contributed by atoms with E-state index in [1.807, 2.05) is 13.0 Å². The quantitative estimate of drug-likeness (QED) is 0.355. The first-order chi connectivity index (χ1) is 16.1. The predicted octanol–water partition coefficient (Wildman–Crippen LogP) is 8.99. The Morgan fingerprint density at radius 2 is 1.55 bits per heavy atom. The lowest BCUT2D eigenvalue weighted by Gasteiger charge is -2.45. The van der Waals surface area contributed by atoms with Crippen molar-refractivity contribution < 1.29 is 13.5 Å². The Balaban J connectivity index is 1.30. The molecular weight excluding hydrogens is 414 g/mol. The molecule has 3 aliphatic rings. The van der Waals surface area contributed by atoms with Crippen LogP contribution in [0.3, 0.4) is 0 Å². The van der Waals surface area contributed by atoms with Crippen LogP contribution in [0.25, 0.3) is 0 Å². The van der Waals surface area contributed by atoms with E-state index in [1.54, 1.807) is 18.2 Å². The Morgan fingerprint density at radius 1 is 0.879 bits per heavy atom. The average molecular weight is 457 g/mol. The van der Waals surface area contributed by atoms with E-state index in [1.165, 1.54) is 64.2 Å². The Morgan fingerprint density at radius 3 is 2.27 bits per heavy atom. The van der Waals surface area contributed by atoms with Crippen molar-refractivity contribution in [3.63, 3.8) is 0 Å². The molecule has 3 heteroatoms. The van der Waals surface area contributed by atoms with E-state index in [-0.39, 0.29) is 18.3 Å². The molecule has 3 aliphatic carbocycles. The second-order valence-electron chi connectivity index (χ2n) is 10.9. The molecule has 4 rings (SSSR count). The standard InChI is InChI=1S/C30H42F2O/c1-3-5-7-21-8-10-22(11-9-21)23-12-13-25-20-26(15-14-24(25)19-23)27-16-17-28(30(32)29(27)31)33-18-6-4-2/h3-4,6,16-17,21-26H,1,5,7-15,18-20H2,2H3/b6-4+. The van der Waals surface area contributed by atoms with Gasteiger partial charge >= 0.3 is 0 Å². The summed E-state index contributed by atoms with van der Waals surface area (Å²) in [4.78, 5) is 0.